The van der Waals surface area contributed by atoms with E-state index in [-0.39, 0.29) is 30.1 Å². The SMILES string of the molecule is C=C1C(=O)O[C@H]2/C=C(\C)CC[C@@H](OC(C)=O)C3(C)CCC(OO3)/C(C)=C\CC12. The van der Waals surface area contributed by atoms with E-state index in [9.17, 15) is 9.59 Å². The lowest BCUT2D eigenvalue weighted by molar-refractivity contribution is -0.412. The number of ether oxygens (including phenoxy) is 2. The van der Waals surface area contributed by atoms with Gasteiger partial charge in [-0.1, -0.05) is 18.2 Å². The van der Waals surface area contributed by atoms with E-state index in [1.165, 1.54) is 6.92 Å². The lowest BCUT2D eigenvalue weighted by Gasteiger charge is -2.41. The quantitative estimate of drug-likeness (QED) is 0.292. The predicted molar refractivity (Wildman–Crippen MR) is 103 cm³/mol. The molecule has 6 heteroatoms. The number of allylic oxidation sites excluding steroid dienone is 2. The second kappa shape index (κ2) is 8.21. The Morgan fingerprint density at radius 3 is 2.71 bits per heavy atom. The molecule has 154 valence electrons. The molecule has 6 nitrogen and oxygen atoms in total. The first-order valence-corrected chi connectivity index (χ1v) is 9.95. The zero-order chi connectivity index (χ0) is 20.5. The lowest BCUT2D eigenvalue weighted by atomic mass is 9.85. The minimum absolute atomic E-state index is 0.0839. The summed E-state index contributed by atoms with van der Waals surface area (Å²) in [6.07, 6.45) is 6.66. The van der Waals surface area contributed by atoms with Gasteiger partial charge in [-0.3, -0.25) is 4.79 Å². The fraction of sp³-hybridized carbons (Fsp3) is 0.636. The largest absolute Gasteiger partial charge is 0.459 e. The first kappa shape index (κ1) is 20.8. The van der Waals surface area contributed by atoms with Gasteiger partial charge in [-0.2, -0.15) is 0 Å². The molecule has 5 atom stereocenters. The minimum Gasteiger partial charge on any atom is -0.459 e. The summed E-state index contributed by atoms with van der Waals surface area (Å²) in [6.45, 7) is 11.3. The molecular weight excluding hydrogens is 360 g/mol. The van der Waals surface area contributed by atoms with Crippen LogP contribution in [-0.4, -0.2) is 35.9 Å². The molecule has 4 aliphatic rings. The number of carbonyl (C=O) groups excluding carboxylic acids is 2. The Hall–Kier alpha value is -1.92. The van der Waals surface area contributed by atoms with Gasteiger partial charge in [-0.25, -0.2) is 14.6 Å². The Morgan fingerprint density at radius 1 is 1.32 bits per heavy atom. The molecule has 0 aromatic heterocycles. The highest BCUT2D eigenvalue weighted by Crippen LogP contribution is 2.38. The van der Waals surface area contributed by atoms with Gasteiger partial charge in [-0.15, -0.1) is 0 Å². The summed E-state index contributed by atoms with van der Waals surface area (Å²) < 4.78 is 11.1. The number of fused-ring (bicyclic) bond motifs is 6. The number of carbonyl (C=O) groups is 2. The summed E-state index contributed by atoms with van der Waals surface area (Å²) in [6, 6.07) is 0. The highest BCUT2D eigenvalue weighted by molar-refractivity contribution is 5.91. The van der Waals surface area contributed by atoms with Crippen molar-refractivity contribution in [3.63, 3.8) is 0 Å². The van der Waals surface area contributed by atoms with Gasteiger partial charge in [-0.05, 0) is 64.5 Å². The number of hydrogen-bond donors (Lipinski definition) is 0. The molecule has 0 saturated carbocycles. The molecule has 3 aliphatic heterocycles. The number of rotatable bonds is 1. The molecule has 3 heterocycles. The van der Waals surface area contributed by atoms with Crippen LogP contribution in [0.25, 0.3) is 0 Å². The fourth-order valence-corrected chi connectivity index (χ4v) is 4.11. The summed E-state index contributed by atoms with van der Waals surface area (Å²) in [7, 11) is 0. The first-order valence-electron chi connectivity index (χ1n) is 9.95. The Balaban J connectivity index is 1.91. The van der Waals surface area contributed by atoms with Crippen molar-refractivity contribution in [2.75, 3.05) is 0 Å². The molecule has 0 aromatic carbocycles. The van der Waals surface area contributed by atoms with Crippen LogP contribution in [0.15, 0.2) is 35.5 Å². The van der Waals surface area contributed by atoms with E-state index < -0.39 is 11.7 Å². The summed E-state index contributed by atoms with van der Waals surface area (Å²) in [5.41, 5.74) is 1.94. The van der Waals surface area contributed by atoms with Gasteiger partial charge in [0.2, 0.25) is 0 Å². The van der Waals surface area contributed by atoms with E-state index in [1.807, 2.05) is 26.8 Å². The zero-order valence-electron chi connectivity index (χ0n) is 17.2. The van der Waals surface area contributed by atoms with E-state index >= 15 is 0 Å². The first-order chi connectivity index (χ1) is 13.2. The van der Waals surface area contributed by atoms with Crippen LogP contribution in [0.4, 0.5) is 0 Å². The van der Waals surface area contributed by atoms with E-state index in [2.05, 4.69) is 12.7 Å². The van der Waals surface area contributed by atoms with Crippen LogP contribution in [0, 0.1) is 5.92 Å². The zero-order valence-corrected chi connectivity index (χ0v) is 17.2. The van der Waals surface area contributed by atoms with Crippen molar-refractivity contribution in [1.29, 1.82) is 0 Å². The van der Waals surface area contributed by atoms with Crippen molar-refractivity contribution in [2.24, 2.45) is 5.92 Å². The maximum absolute atomic E-state index is 12.0. The van der Waals surface area contributed by atoms with Gasteiger partial charge in [0, 0.05) is 18.4 Å². The molecule has 4 rings (SSSR count). The monoisotopic (exact) mass is 390 g/mol. The molecule has 0 radical (unpaired) electrons. The minimum atomic E-state index is -0.691. The van der Waals surface area contributed by atoms with Gasteiger partial charge >= 0.3 is 11.9 Å². The van der Waals surface area contributed by atoms with Crippen LogP contribution in [0.1, 0.15) is 59.8 Å². The van der Waals surface area contributed by atoms with Gasteiger partial charge in [0.1, 0.15) is 23.9 Å². The molecule has 0 spiro atoms. The van der Waals surface area contributed by atoms with Crippen molar-refractivity contribution >= 4 is 11.9 Å². The van der Waals surface area contributed by atoms with Crippen LogP contribution < -0.4 is 0 Å². The highest BCUT2D eigenvalue weighted by atomic mass is 17.2. The van der Waals surface area contributed by atoms with Crippen molar-refractivity contribution in [3.8, 4) is 0 Å². The molecule has 2 fully saturated rings. The van der Waals surface area contributed by atoms with Crippen LogP contribution in [0.3, 0.4) is 0 Å². The number of hydrogen-bond acceptors (Lipinski definition) is 6. The standard InChI is InChI=1S/C22H30O6/c1-13-6-9-20(25-16(4)23)22(5)11-10-18(27-28-22)14(2)7-8-17-15(3)21(24)26-19(17)12-13/h7,12,17-20H,3,6,8-11H2,1-2,4-5H3/b13-12+,14-7-/t17?,18?,19-,20+,22?/m0/s1. The summed E-state index contributed by atoms with van der Waals surface area (Å²) in [5, 5.41) is 0. The third-order valence-corrected chi connectivity index (χ3v) is 6.05. The van der Waals surface area contributed by atoms with Gasteiger partial charge in [0.25, 0.3) is 0 Å². The van der Waals surface area contributed by atoms with Crippen molar-refractivity contribution in [3.05, 3.63) is 35.5 Å². The Morgan fingerprint density at radius 2 is 2.07 bits per heavy atom. The molecular formula is C22H30O6. The molecule has 2 bridgehead atoms. The third-order valence-electron chi connectivity index (χ3n) is 6.05. The second-order valence-electron chi connectivity index (χ2n) is 8.35. The average molecular weight is 390 g/mol. The van der Waals surface area contributed by atoms with Crippen LogP contribution in [0.2, 0.25) is 0 Å². The molecule has 0 N–H and O–H groups in total. The van der Waals surface area contributed by atoms with Crippen molar-refractivity contribution in [1.82, 2.24) is 0 Å². The molecule has 3 unspecified atom stereocenters. The van der Waals surface area contributed by atoms with E-state index in [1.54, 1.807) is 0 Å². The van der Waals surface area contributed by atoms with Crippen molar-refractivity contribution in [2.45, 2.75) is 83.7 Å². The maximum atomic E-state index is 12.0. The Labute approximate surface area is 166 Å². The average Bonchev–Trinajstić information content (AvgIpc) is 2.89. The second-order valence-corrected chi connectivity index (χ2v) is 8.35. The molecule has 1 aliphatic carbocycles. The van der Waals surface area contributed by atoms with Gasteiger partial charge in [0.15, 0.2) is 0 Å². The topological polar surface area (TPSA) is 71.1 Å². The smallest absolute Gasteiger partial charge is 0.334 e. The lowest BCUT2D eigenvalue weighted by Crippen LogP contribution is -2.49. The predicted octanol–water partition coefficient (Wildman–Crippen LogP) is 3.96. The molecule has 2 saturated heterocycles. The van der Waals surface area contributed by atoms with E-state index in [4.69, 9.17) is 19.2 Å². The molecule has 0 amide bonds. The van der Waals surface area contributed by atoms with E-state index in [0.717, 1.165) is 24.0 Å². The normalized spacial score (nSPS) is 40.4. The van der Waals surface area contributed by atoms with Gasteiger partial charge in [0.05, 0.1) is 0 Å². The summed E-state index contributed by atoms with van der Waals surface area (Å²) in [5.74, 6) is -0.753. The maximum Gasteiger partial charge on any atom is 0.334 e. The van der Waals surface area contributed by atoms with Crippen LogP contribution in [-0.2, 0) is 28.8 Å². The Kier molecular flexibility index (Phi) is 6.10. The van der Waals surface area contributed by atoms with E-state index in [0.29, 0.717) is 24.8 Å². The van der Waals surface area contributed by atoms with Gasteiger partial charge < -0.3 is 9.47 Å². The number of esters is 2. The molecule has 28 heavy (non-hydrogen) atoms. The summed E-state index contributed by atoms with van der Waals surface area (Å²) >= 11 is 0. The fourth-order valence-electron chi connectivity index (χ4n) is 4.11. The summed E-state index contributed by atoms with van der Waals surface area (Å²) in [4.78, 5) is 35.2. The highest BCUT2D eigenvalue weighted by Gasteiger charge is 2.44. The third kappa shape index (κ3) is 4.39. The van der Waals surface area contributed by atoms with Crippen LogP contribution >= 0.6 is 0 Å². The van der Waals surface area contributed by atoms with Crippen LogP contribution in [0.5, 0.6) is 0 Å². The molecule has 0 aromatic rings. The Bertz CT molecular complexity index is 711. The van der Waals surface area contributed by atoms with Crippen molar-refractivity contribution < 1.29 is 28.8 Å².